The molecule has 0 saturated heterocycles. The molecule has 0 amide bonds. The van der Waals surface area contributed by atoms with Gasteiger partial charge in [0, 0.05) is 7.11 Å². The number of hydrogen-bond donors (Lipinski definition) is 0. The fourth-order valence-corrected chi connectivity index (χ4v) is 1.88. The molecule has 0 aliphatic carbocycles. The molecule has 6 heteroatoms. The molecule has 1 aromatic heterocycles. The van der Waals surface area contributed by atoms with Crippen LogP contribution < -0.4 is 0 Å². The van der Waals surface area contributed by atoms with Crippen molar-refractivity contribution in [2.75, 3.05) is 13.7 Å². The minimum atomic E-state index is -0.350. The van der Waals surface area contributed by atoms with E-state index in [1.807, 2.05) is 13.0 Å². The highest BCUT2D eigenvalue weighted by Crippen LogP contribution is 2.15. The van der Waals surface area contributed by atoms with E-state index < -0.39 is 0 Å². The van der Waals surface area contributed by atoms with Crippen LogP contribution in [0.3, 0.4) is 0 Å². The molecule has 0 saturated carbocycles. The van der Waals surface area contributed by atoms with Crippen LogP contribution in [0.15, 0.2) is 30.9 Å². The van der Waals surface area contributed by atoms with E-state index in [1.165, 1.54) is 6.33 Å². The molecule has 1 aromatic carbocycles. The van der Waals surface area contributed by atoms with Crippen molar-refractivity contribution in [1.29, 1.82) is 0 Å². The number of carbonyl (C=O) groups is 1. The zero-order valence-electron chi connectivity index (χ0n) is 11.7. The number of esters is 1. The Morgan fingerprint density at radius 3 is 2.85 bits per heavy atom. The van der Waals surface area contributed by atoms with Gasteiger partial charge in [0.2, 0.25) is 0 Å². The van der Waals surface area contributed by atoms with E-state index >= 15 is 0 Å². The summed E-state index contributed by atoms with van der Waals surface area (Å²) in [5.41, 5.74) is 2.21. The van der Waals surface area contributed by atoms with E-state index in [9.17, 15) is 4.79 Å². The third-order valence-electron chi connectivity index (χ3n) is 2.82. The second kappa shape index (κ2) is 6.29. The van der Waals surface area contributed by atoms with Crippen LogP contribution in [0.5, 0.6) is 0 Å². The van der Waals surface area contributed by atoms with Gasteiger partial charge in [0.25, 0.3) is 0 Å². The number of benzene rings is 1. The molecule has 20 heavy (non-hydrogen) atoms. The molecule has 2 rings (SSSR count). The van der Waals surface area contributed by atoms with E-state index in [-0.39, 0.29) is 12.1 Å². The van der Waals surface area contributed by atoms with Crippen LogP contribution >= 0.6 is 0 Å². The molecule has 6 nitrogen and oxygen atoms in total. The third kappa shape index (κ3) is 3.21. The largest absolute Gasteiger partial charge is 0.457 e. The Hall–Kier alpha value is -2.21. The molecule has 2 aromatic rings. The van der Waals surface area contributed by atoms with Gasteiger partial charge in [-0.1, -0.05) is 0 Å². The van der Waals surface area contributed by atoms with Gasteiger partial charge in [-0.25, -0.2) is 14.5 Å². The number of rotatable bonds is 5. The smallest absolute Gasteiger partial charge is 0.338 e. The lowest BCUT2D eigenvalue weighted by molar-refractivity contribution is 0.0119. The molecule has 1 unspecified atom stereocenters. The maximum atomic E-state index is 12.0. The quantitative estimate of drug-likeness (QED) is 0.778. The summed E-state index contributed by atoms with van der Waals surface area (Å²) in [5, 5.41) is 4.05. The summed E-state index contributed by atoms with van der Waals surface area (Å²) in [6.07, 6.45) is 2.79. The van der Waals surface area contributed by atoms with Gasteiger partial charge in [-0.15, -0.1) is 0 Å². The van der Waals surface area contributed by atoms with Crippen molar-refractivity contribution in [3.63, 3.8) is 0 Å². The topological polar surface area (TPSA) is 66.2 Å². The molecule has 0 fully saturated rings. The lowest BCUT2D eigenvalue weighted by atomic mass is 10.1. The Morgan fingerprint density at radius 1 is 1.45 bits per heavy atom. The molecular formula is C14H17N3O3. The van der Waals surface area contributed by atoms with Crippen molar-refractivity contribution >= 4 is 5.97 Å². The highest BCUT2D eigenvalue weighted by Gasteiger charge is 2.14. The van der Waals surface area contributed by atoms with Gasteiger partial charge in [-0.2, -0.15) is 5.10 Å². The molecule has 0 aliphatic rings. The van der Waals surface area contributed by atoms with Crippen molar-refractivity contribution in [3.05, 3.63) is 42.0 Å². The van der Waals surface area contributed by atoms with E-state index in [1.54, 1.807) is 37.2 Å². The SMILES string of the molecule is COCC(C)OC(=O)c1ccc(-n2cncn2)cc1C. The van der Waals surface area contributed by atoms with Crippen LogP contribution in [-0.4, -0.2) is 40.6 Å². The molecule has 0 bridgehead atoms. The average molecular weight is 275 g/mol. The van der Waals surface area contributed by atoms with Crippen molar-refractivity contribution in [3.8, 4) is 5.69 Å². The van der Waals surface area contributed by atoms with Gasteiger partial charge in [-0.05, 0) is 37.6 Å². The summed E-state index contributed by atoms with van der Waals surface area (Å²) in [7, 11) is 1.57. The normalized spacial score (nSPS) is 12.2. The van der Waals surface area contributed by atoms with E-state index in [0.29, 0.717) is 12.2 Å². The number of aromatic nitrogens is 3. The summed E-state index contributed by atoms with van der Waals surface area (Å²) >= 11 is 0. The van der Waals surface area contributed by atoms with Gasteiger partial charge in [-0.3, -0.25) is 0 Å². The number of carbonyl (C=O) groups excluding carboxylic acids is 1. The Morgan fingerprint density at radius 2 is 2.25 bits per heavy atom. The number of methoxy groups -OCH3 is 1. The summed E-state index contributed by atoms with van der Waals surface area (Å²) in [6.45, 7) is 4.03. The van der Waals surface area contributed by atoms with Crippen LogP contribution in [-0.2, 0) is 9.47 Å². The second-order valence-corrected chi connectivity index (χ2v) is 4.51. The number of hydrogen-bond acceptors (Lipinski definition) is 5. The molecule has 1 atom stereocenters. The fraction of sp³-hybridized carbons (Fsp3) is 0.357. The molecule has 0 aliphatic heterocycles. The molecular weight excluding hydrogens is 258 g/mol. The summed E-state index contributed by atoms with van der Waals surface area (Å²) in [5.74, 6) is -0.350. The van der Waals surface area contributed by atoms with Gasteiger partial charge < -0.3 is 9.47 Å². The summed E-state index contributed by atoms with van der Waals surface area (Å²) in [6, 6.07) is 5.40. The predicted molar refractivity (Wildman–Crippen MR) is 72.8 cm³/mol. The fourth-order valence-electron chi connectivity index (χ4n) is 1.88. The number of ether oxygens (including phenoxy) is 2. The molecule has 0 spiro atoms. The number of aryl methyl sites for hydroxylation is 1. The average Bonchev–Trinajstić information content (AvgIpc) is 2.92. The van der Waals surface area contributed by atoms with Crippen LogP contribution in [0.4, 0.5) is 0 Å². The third-order valence-corrected chi connectivity index (χ3v) is 2.82. The van der Waals surface area contributed by atoms with Crippen molar-refractivity contribution in [2.24, 2.45) is 0 Å². The monoisotopic (exact) mass is 275 g/mol. The minimum absolute atomic E-state index is 0.276. The molecule has 1 heterocycles. The first-order valence-electron chi connectivity index (χ1n) is 6.27. The molecule has 106 valence electrons. The van der Waals surface area contributed by atoms with Crippen molar-refractivity contribution in [2.45, 2.75) is 20.0 Å². The maximum absolute atomic E-state index is 12.0. The lowest BCUT2D eigenvalue weighted by Gasteiger charge is -2.13. The zero-order valence-corrected chi connectivity index (χ0v) is 11.7. The van der Waals surface area contributed by atoms with E-state index in [4.69, 9.17) is 9.47 Å². The Bertz CT molecular complexity index is 581. The first-order valence-corrected chi connectivity index (χ1v) is 6.27. The first-order chi connectivity index (χ1) is 9.61. The van der Waals surface area contributed by atoms with Gasteiger partial charge >= 0.3 is 5.97 Å². The standard InChI is InChI=1S/C14H17N3O3/c1-10-6-12(17-9-15-8-16-17)4-5-13(10)14(18)20-11(2)7-19-3/h4-6,8-9,11H,7H2,1-3H3. The van der Waals surface area contributed by atoms with Crippen LogP contribution in [0, 0.1) is 6.92 Å². The van der Waals surface area contributed by atoms with E-state index in [0.717, 1.165) is 11.3 Å². The Labute approximate surface area is 117 Å². The maximum Gasteiger partial charge on any atom is 0.338 e. The number of nitrogens with zero attached hydrogens (tertiary/aromatic N) is 3. The highest BCUT2D eigenvalue weighted by atomic mass is 16.6. The minimum Gasteiger partial charge on any atom is -0.457 e. The van der Waals surface area contributed by atoms with Crippen LogP contribution in [0.1, 0.15) is 22.8 Å². The van der Waals surface area contributed by atoms with Crippen LogP contribution in [0.2, 0.25) is 0 Å². The van der Waals surface area contributed by atoms with Gasteiger partial charge in [0.1, 0.15) is 18.8 Å². The summed E-state index contributed by atoms with van der Waals surface area (Å²) in [4.78, 5) is 15.9. The Balaban J connectivity index is 2.15. The van der Waals surface area contributed by atoms with E-state index in [2.05, 4.69) is 10.1 Å². The first kappa shape index (κ1) is 14.2. The van der Waals surface area contributed by atoms with Crippen LogP contribution in [0.25, 0.3) is 5.69 Å². The van der Waals surface area contributed by atoms with Gasteiger partial charge in [0.05, 0.1) is 17.9 Å². The second-order valence-electron chi connectivity index (χ2n) is 4.51. The lowest BCUT2D eigenvalue weighted by Crippen LogP contribution is -2.20. The predicted octanol–water partition coefficient (Wildman–Crippen LogP) is 1.77. The molecule has 0 radical (unpaired) electrons. The van der Waals surface area contributed by atoms with Crippen molar-refractivity contribution < 1.29 is 14.3 Å². The summed E-state index contributed by atoms with van der Waals surface area (Å²) < 4.78 is 11.9. The van der Waals surface area contributed by atoms with Crippen molar-refractivity contribution in [1.82, 2.24) is 14.8 Å². The Kier molecular flexibility index (Phi) is 4.47. The highest BCUT2D eigenvalue weighted by molar-refractivity contribution is 5.91. The molecule has 0 N–H and O–H groups in total. The van der Waals surface area contributed by atoms with Gasteiger partial charge in [0.15, 0.2) is 0 Å². The zero-order chi connectivity index (χ0) is 14.5.